The van der Waals surface area contributed by atoms with E-state index in [0.717, 1.165) is 10.7 Å². The maximum absolute atomic E-state index is 11.6. The van der Waals surface area contributed by atoms with Gasteiger partial charge < -0.3 is 0 Å². The van der Waals surface area contributed by atoms with Gasteiger partial charge in [0.2, 0.25) is 0 Å². The maximum Gasteiger partial charge on any atom is 0.301 e. The Balaban J connectivity index is 2.81. The summed E-state index contributed by atoms with van der Waals surface area (Å²) in [4.78, 5) is 11.6. The number of Topliss-reactive ketones (excluding diaryl/α,β-unsaturated/α-hetero) is 1. The largest absolute Gasteiger partial charge is 0.301 e. The molecule has 1 N–H and O–H groups in total. The van der Waals surface area contributed by atoms with Gasteiger partial charge in [-0.05, 0) is 30.7 Å². The van der Waals surface area contributed by atoms with Crippen LogP contribution in [-0.4, -0.2) is 32.6 Å². The van der Waals surface area contributed by atoms with Crippen LogP contribution in [0, 0.1) is 0 Å². The lowest BCUT2D eigenvalue weighted by molar-refractivity contribution is 0.0982. The molecular weight excluding hydrogens is 252 g/mol. The summed E-state index contributed by atoms with van der Waals surface area (Å²) in [5.41, 5.74) is 1.04. The van der Waals surface area contributed by atoms with Crippen molar-refractivity contribution in [2.24, 2.45) is 0 Å². The van der Waals surface area contributed by atoms with Gasteiger partial charge in [-0.15, -0.1) is 0 Å². The highest BCUT2D eigenvalue weighted by molar-refractivity contribution is 7.90. The molecule has 0 saturated heterocycles. The molecule has 1 aromatic carbocycles. The lowest BCUT2D eigenvalue weighted by Crippen LogP contribution is -2.28. The van der Waals surface area contributed by atoms with Gasteiger partial charge in [-0.1, -0.05) is 6.92 Å². The van der Waals surface area contributed by atoms with Crippen LogP contribution in [0.3, 0.4) is 0 Å². The second kappa shape index (κ2) is 5.97. The van der Waals surface area contributed by atoms with Crippen LogP contribution in [0.15, 0.2) is 24.3 Å². The molecule has 0 radical (unpaired) electrons. The van der Waals surface area contributed by atoms with E-state index < -0.39 is 10.2 Å². The topological polar surface area (TPSA) is 66.5 Å². The number of carbonyl (C=O) groups excluding carboxylic acids is 1. The summed E-state index contributed by atoms with van der Waals surface area (Å²) in [6.07, 6.45) is 1.30. The number of rotatable bonds is 6. The first kappa shape index (κ1) is 14.7. The van der Waals surface area contributed by atoms with E-state index in [9.17, 15) is 13.2 Å². The fourth-order valence-electron chi connectivity index (χ4n) is 1.34. The van der Waals surface area contributed by atoms with Crippen molar-refractivity contribution in [1.29, 1.82) is 0 Å². The highest BCUT2D eigenvalue weighted by atomic mass is 32.2. The Hall–Kier alpha value is -1.40. The average Bonchev–Trinajstić information content (AvgIpc) is 2.29. The molecule has 1 aromatic rings. The molecule has 0 atom stereocenters. The Morgan fingerprint density at radius 1 is 1.22 bits per heavy atom. The second-order valence-corrected chi connectivity index (χ2v) is 6.02. The Morgan fingerprint density at radius 3 is 2.22 bits per heavy atom. The summed E-state index contributed by atoms with van der Waals surface area (Å²) in [5.74, 6) is 0.0690. The zero-order valence-electron chi connectivity index (χ0n) is 10.8. The van der Waals surface area contributed by atoms with Crippen molar-refractivity contribution in [2.45, 2.75) is 19.8 Å². The Morgan fingerprint density at radius 2 is 1.78 bits per heavy atom. The fourth-order valence-corrected chi connectivity index (χ4v) is 1.95. The summed E-state index contributed by atoms with van der Waals surface area (Å²) in [6.45, 7) is 1.94. The molecule has 1 rings (SSSR count). The first-order valence-electron chi connectivity index (χ1n) is 5.70. The number of ketones is 1. The van der Waals surface area contributed by atoms with Gasteiger partial charge >= 0.3 is 10.2 Å². The van der Waals surface area contributed by atoms with Crippen molar-refractivity contribution in [3.63, 3.8) is 0 Å². The smallest absolute Gasteiger partial charge is 0.294 e. The molecule has 0 bridgehead atoms. The van der Waals surface area contributed by atoms with Crippen molar-refractivity contribution in [3.05, 3.63) is 29.8 Å². The molecule has 100 valence electrons. The van der Waals surface area contributed by atoms with Crippen LogP contribution in [0.1, 0.15) is 30.1 Å². The summed E-state index contributed by atoms with van der Waals surface area (Å²) < 4.78 is 26.6. The molecule has 0 aliphatic rings. The zero-order chi connectivity index (χ0) is 13.8. The molecular formula is C12H18N2O3S. The van der Waals surface area contributed by atoms with E-state index in [2.05, 4.69) is 4.72 Å². The summed E-state index contributed by atoms with van der Waals surface area (Å²) in [7, 11) is -0.604. The van der Waals surface area contributed by atoms with Crippen LogP contribution < -0.4 is 4.72 Å². The third kappa shape index (κ3) is 3.82. The monoisotopic (exact) mass is 270 g/mol. The van der Waals surface area contributed by atoms with E-state index in [1.807, 2.05) is 6.92 Å². The van der Waals surface area contributed by atoms with Gasteiger partial charge in [0, 0.05) is 31.8 Å². The molecule has 0 fully saturated rings. The third-order valence-corrected chi connectivity index (χ3v) is 3.87. The molecule has 0 spiro atoms. The highest BCUT2D eigenvalue weighted by Gasteiger charge is 2.13. The molecule has 6 heteroatoms. The molecule has 0 amide bonds. The number of anilines is 1. The number of benzene rings is 1. The molecule has 5 nitrogen and oxygen atoms in total. The Labute approximate surface area is 108 Å². The highest BCUT2D eigenvalue weighted by Crippen LogP contribution is 2.13. The van der Waals surface area contributed by atoms with Crippen LogP contribution in [-0.2, 0) is 10.2 Å². The van der Waals surface area contributed by atoms with E-state index in [-0.39, 0.29) is 5.78 Å². The predicted molar refractivity (Wildman–Crippen MR) is 71.9 cm³/mol. The van der Waals surface area contributed by atoms with Gasteiger partial charge in [-0.25, -0.2) is 0 Å². The van der Waals surface area contributed by atoms with Crippen molar-refractivity contribution in [3.8, 4) is 0 Å². The maximum atomic E-state index is 11.6. The average molecular weight is 270 g/mol. The molecule has 0 aliphatic carbocycles. The Bertz CT molecular complexity index is 507. The lowest BCUT2D eigenvalue weighted by Gasteiger charge is -2.13. The van der Waals surface area contributed by atoms with Gasteiger partial charge in [-0.2, -0.15) is 12.7 Å². The van der Waals surface area contributed by atoms with Crippen LogP contribution >= 0.6 is 0 Å². The van der Waals surface area contributed by atoms with Gasteiger partial charge in [0.05, 0.1) is 0 Å². The number of hydrogen-bond donors (Lipinski definition) is 1. The minimum atomic E-state index is -3.50. The first-order chi connectivity index (χ1) is 8.36. The minimum Gasteiger partial charge on any atom is -0.294 e. The molecule has 0 unspecified atom stereocenters. The van der Waals surface area contributed by atoms with E-state index >= 15 is 0 Å². The zero-order valence-corrected chi connectivity index (χ0v) is 11.6. The third-order valence-electron chi connectivity index (χ3n) is 2.41. The van der Waals surface area contributed by atoms with E-state index in [1.54, 1.807) is 24.3 Å². The van der Waals surface area contributed by atoms with Crippen LogP contribution in [0.25, 0.3) is 0 Å². The van der Waals surface area contributed by atoms with E-state index in [1.165, 1.54) is 14.1 Å². The molecule has 18 heavy (non-hydrogen) atoms. The number of nitrogens with zero attached hydrogens (tertiary/aromatic N) is 1. The lowest BCUT2D eigenvalue weighted by atomic mass is 10.1. The Kier molecular flexibility index (Phi) is 4.86. The normalized spacial score (nSPS) is 11.6. The number of hydrogen-bond acceptors (Lipinski definition) is 3. The molecule has 0 heterocycles. The fraction of sp³-hybridized carbons (Fsp3) is 0.417. The summed E-state index contributed by atoms with van der Waals surface area (Å²) in [5, 5.41) is 0. The van der Waals surface area contributed by atoms with Crippen LogP contribution in [0.2, 0.25) is 0 Å². The van der Waals surface area contributed by atoms with Gasteiger partial charge in [0.25, 0.3) is 0 Å². The summed E-state index contributed by atoms with van der Waals surface area (Å²) in [6, 6.07) is 6.44. The molecule has 0 aliphatic heterocycles. The molecule has 0 aromatic heterocycles. The quantitative estimate of drug-likeness (QED) is 0.803. The van der Waals surface area contributed by atoms with E-state index in [0.29, 0.717) is 17.7 Å². The van der Waals surface area contributed by atoms with Gasteiger partial charge in [0.1, 0.15) is 0 Å². The minimum absolute atomic E-state index is 0.0690. The standard InChI is InChI=1S/C12H18N2O3S/c1-4-5-12(15)10-6-8-11(9-7-10)13-18(16,17)14(2)3/h6-9,13H,4-5H2,1-3H3. The van der Waals surface area contributed by atoms with Crippen molar-refractivity contribution in [1.82, 2.24) is 4.31 Å². The van der Waals surface area contributed by atoms with Gasteiger partial charge in [0.15, 0.2) is 5.78 Å². The molecule has 0 saturated carbocycles. The summed E-state index contributed by atoms with van der Waals surface area (Å²) >= 11 is 0. The SMILES string of the molecule is CCCC(=O)c1ccc(NS(=O)(=O)N(C)C)cc1. The van der Waals surface area contributed by atoms with Crippen molar-refractivity contribution >= 4 is 21.7 Å². The number of nitrogens with one attached hydrogen (secondary N) is 1. The van der Waals surface area contributed by atoms with Crippen molar-refractivity contribution in [2.75, 3.05) is 18.8 Å². The van der Waals surface area contributed by atoms with Gasteiger partial charge in [-0.3, -0.25) is 9.52 Å². The second-order valence-electron chi connectivity index (χ2n) is 4.14. The van der Waals surface area contributed by atoms with E-state index in [4.69, 9.17) is 0 Å². The predicted octanol–water partition coefficient (Wildman–Crippen LogP) is 1.89. The van der Waals surface area contributed by atoms with Crippen LogP contribution in [0.5, 0.6) is 0 Å². The van der Waals surface area contributed by atoms with Crippen LogP contribution in [0.4, 0.5) is 5.69 Å². The number of carbonyl (C=O) groups is 1. The van der Waals surface area contributed by atoms with Crippen molar-refractivity contribution < 1.29 is 13.2 Å². The first-order valence-corrected chi connectivity index (χ1v) is 7.14.